The van der Waals surface area contributed by atoms with Crippen LogP contribution in [-0.2, 0) is 17.8 Å². The number of methoxy groups -OCH3 is 1. The first-order valence-electron chi connectivity index (χ1n) is 9.79. The summed E-state index contributed by atoms with van der Waals surface area (Å²) in [4.78, 5) is 36.5. The average Bonchev–Trinajstić information content (AvgIpc) is 3.33. The number of H-pyrrole nitrogens is 2. The maximum atomic E-state index is 12.4. The van der Waals surface area contributed by atoms with Crippen molar-refractivity contribution in [3.63, 3.8) is 0 Å². The van der Waals surface area contributed by atoms with E-state index >= 15 is 0 Å². The van der Waals surface area contributed by atoms with Gasteiger partial charge in [-0.15, -0.1) is 0 Å². The molecular formula is C20H25N5O4. The fourth-order valence-corrected chi connectivity index (χ4v) is 3.59. The second-order valence-corrected chi connectivity index (χ2v) is 7.23. The second kappa shape index (κ2) is 8.62. The van der Waals surface area contributed by atoms with E-state index in [1.807, 2.05) is 12.1 Å². The first-order valence-corrected chi connectivity index (χ1v) is 9.79. The molecule has 0 bridgehead atoms. The van der Waals surface area contributed by atoms with Crippen molar-refractivity contribution in [1.82, 2.24) is 24.4 Å². The number of hydrogen-bond acceptors (Lipinski definition) is 6. The smallest absolute Gasteiger partial charge is 0.328 e. The second-order valence-electron chi connectivity index (χ2n) is 7.23. The fourth-order valence-electron chi connectivity index (χ4n) is 3.59. The van der Waals surface area contributed by atoms with Gasteiger partial charge in [0.25, 0.3) is 11.6 Å². The van der Waals surface area contributed by atoms with Crippen LogP contribution in [-0.4, -0.2) is 57.8 Å². The largest absolute Gasteiger partial charge is 0.462 e. The molecule has 0 amide bonds. The number of aromatic nitrogens is 4. The minimum Gasteiger partial charge on any atom is -0.462 e. The Morgan fingerprint density at radius 3 is 2.38 bits per heavy atom. The van der Waals surface area contributed by atoms with Crippen LogP contribution in [0, 0.1) is 0 Å². The van der Waals surface area contributed by atoms with Gasteiger partial charge in [-0.05, 0) is 37.1 Å². The molecule has 2 N–H and O–H groups in total. The molecular weight excluding hydrogens is 374 g/mol. The Kier molecular flexibility index (Phi) is 5.77. The van der Waals surface area contributed by atoms with Crippen LogP contribution in [0.2, 0.25) is 0 Å². The van der Waals surface area contributed by atoms with Gasteiger partial charge in [0, 0.05) is 13.7 Å². The van der Waals surface area contributed by atoms with Crippen LogP contribution in [0.3, 0.4) is 0 Å². The monoisotopic (exact) mass is 399 g/mol. The van der Waals surface area contributed by atoms with Crippen molar-refractivity contribution in [3.8, 4) is 6.01 Å². The number of aromatic amines is 2. The van der Waals surface area contributed by atoms with Crippen molar-refractivity contribution >= 4 is 11.2 Å². The van der Waals surface area contributed by atoms with Crippen LogP contribution in [0.4, 0.5) is 0 Å². The lowest BCUT2D eigenvalue weighted by Gasteiger charge is -2.14. The van der Waals surface area contributed by atoms with E-state index in [1.165, 1.54) is 23.0 Å². The highest BCUT2D eigenvalue weighted by Crippen LogP contribution is 2.15. The minimum absolute atomic E-state index is 0.0632. The van der Waals surface area contributed by atoms with E-state index in [-0.39, 0.29) is 29.5 Å². The molecule has 3 aromatic rings. The Morgan fingerprint density at radius 2 is 1.69 bits per heavy atom. The van der Waals surface area contributed by atoms with E-state index in [2.05, 4.69) is 32.0 Å². The molecule has 0 radical (unpaired) electrons. The molecule has 4 rings (SSSR count). The number of ether oxygens (including phenoxy) is 2. The third-order valence-electron chi connectivity index (χ3n) is 5.11. The van der Waals surface area contributed by atoms with E-state index in [1.54, 1.807) is 7.11 Å². The number of nitrogens with zero attached hydrogens (tertiary/aromatic N) is 3. The van der Waals surface area contributed by atoms with Crippen LogP contribution >= 0.6 is 0 Å². The van der Waals surface area contributed by atoms with E-state index < -0.39 is 5.56 Å². The highest BCUT2D eigenvalue weighted by molar-refractivity contribution is 5.69. The van der Waals surface area contributed by atoms with Gasteiger partial charge in [0.2, 0.25) is 0 Å². The van der Waals surface area contributed by atoms with Crippen LogP contribution in [0.5, 0.6) is 6.01 Å². The van der Waals surface area contributed by atoms with Gasteiger partial charge in [-0.2, -0.15) is 4.98 Å². The standard InChI is InChI=1S/C20H25N5O4/c1-28-10-11-29-19-22-17-16(18(26)23-19)21-20(27)25(17)13-15-6-4-14(5-7-15)12-24-8-2-3-9-24/h4-7H,2-3,8-13H2,1H3,(H,21,27)(H,22,23,26). The molecule has 2 aromatic heterocycles. The molecule has 3 heterocycles. The van der Waals surface area contributed by atoms with Gasteiger partial charge < -0.3 is 9.47 Å². The van der Waals surface area contributed by atoms with Crippen molar-refractivity contribution in [2.45, 2.75) is 25.9 Å². The number of nitrogens with one attached hydrogen (secondary N) is 2. The molecule has 9 nitrogen and oxygen atoms in total. The summed E-state index contributed by atoms with van der Waals surface area (Å²) in [5, 5.41) is 0. The molecule has 154 valence electrons. The Bertz CT molecular complexity index is 1080. The van der Waals surface area contributed by atoms with Crippen LogP contribution in [0.15, 0.2) is 33.9 Å². The molecule has 9 heteroatoms. The van der Waals surface area contributed by atoms with E-state index in [0.29, 0.717) is 13.2 Å². The highest BCUT2D eigenvalue weighted by Gasteiger charge is 2.15. The van der Waals surface area contributed by atoms with Crippen LogP contribution in [0.1, 0.15) is 24.0 Å². The van der Waals surface area contributed by atoms with Gasteiger partial charge in [0.15, 0.2) is 11.2 Å². The minimum atomic E-state index is -0.445. The maximum Gasteiger partial charge on any atom is 0.328 e. The van der Waals surface area contributed by atoms with Gasteiger partial charge in [0.05, 0.1) is 13.2 Å². The van der Waals surface area contributed by atoms with Gasteiger partial charge in [-0.1, -0.05) is 24.3 Å². The molecule has 0 unspecified atom stereocenters. The zero-order valence-corrected chi connectivity index (χ0v) is 16.4. The Balaban J connectivity index is 1.55. The zero-order valence-electron chi connectivity index (χ0n) is 16.4. The highest BCUT2D eigenvalue weighted by atomic mass is 16.5. The lowest BCUT2D eigenvalue weighted by atomic mass is 10.1. The predicted octanol–water partition coefficient (Wildman–Crippen LogP) is 1.08. The van der Waals surface area contributed by atoms with Crippen molar-refractivity contribution in [1.29, 1.82) is 0 Å². The summed E-state index contributed by atoms with van der Waals surface area (Å²) in [7, 11) is 1.56. The number of fused-ring (bicyclic) bond motifs is 1. The van der Waals surface area contributed by atoms with E-state index in [0.717, 1.165) is 25.2 Å². The molecule has 0 aliphatic carbocycles. The van der Waals surface area contributed by atoms with Crippen LogP contribution in [0.25, 0.3) is 11.2 Å². The topological polar surface area (TPSA) is 105 Å². The predicted molar refractivity (Wildman–Crippen MR) is 108 cm³/mol. The average molecular weight is 399 g/mol. The first kappa shape index (κ1) is 19.4. The molecule has 1 aliphatic rings. The van der Waals surface area contributed by atoms with E-state index in [9.17, 15) is 9.59 Å². The summed E-state index contributed by atoms with van der Waals surface area (Å²) < 4.78 is 11.8. The number of hydrogen-bond donors (Lipinski definition) is 2. The summed E-state index contributed by atoms with van der Waals surface area (Å²) in [5.74, 6) is 0. The SMILES string of the molecule is COCCOc1nc2c([nH]c(=O)n2Cc2ccc(CN3CCCC3)cc2)c(=O)[nH]1. The normalized spacial score (nSPS) is 14.7. The molecule has 0 atom stereocenters. The summed E-state index contributed by atoms with van der Waals surface area (Å²) in [6.45, 7) is 4.19. The zero-order chi connectivity index (χ0) is 20.2. The number of benzene rings is 1. The molecule has 1 saturated heterocycles. The summed E-state index contributed by atoms with van der Waals surface area (Å²) in [6, 6.07) is 8.27. The third kappa shape index (κ3) is 4.41. The van der Waals surface area contributed by atoms with Crippen molar-refractivity contribution in [2.75, 3.05) is 33.4 Å². The lowest BCUT2D eigenvalue weighted by Crippen LogP contribution is -2.19. The summed E-state index contributed by atoms with van der Waals surface area (Å²) in [5.41, 5.74) is 1.80. The van der Waals surface area contributed by atoms with Crippen LogP contribution < -0.4 is 16.0 Å². The lowest BCUT2D eigenvalue weighted by molar-refractivity contribution is 0.141. The summed E-state index contributed by atoms with van der Waals surface area (Å²) >= 11 is 0. The van der Waals surface area contributed by atoms with Crippen molar-refractivity contribution in [2.24, 2.45) is 0 Å². The first-order chi connectivity index (χ1) is 14.1. The quantitative estimate of drug-likeness (QED) is 0.549. The van der Waals surface area contributed by atoms with Crippen molar-refractivity contribution < 1.29 is 9.47 Å². The third-order valence-corrected chi connectivity index (χ3v) is 5.11. The number of imidazole rings is 1. The molecule has 1 fully saturated rings. The molecule has 0 saturated carbocycles. The molecule has 0 spiro atoms. The molecule has 29 heavy (non-hydrogen) atoms. The number of rotatable bonds is 8. The Labute approximate surface area is 167 Å². The Hall–Kier alpha value is -2.91. The van der Waals surface area contributed by atoms with Gasteiger partial charge in [-0.25, -0.2) is 4.79 Å². The maximum absolute atomic E-state index is 12.4. The van der Waals surface area contributed by atoms with Gasteiger partial charge >= 0.3 is 5.69 Å². The Morgan fingerprint density at radius 1 is 1.00 bits per heavy atom. The summed E-state index contributed by atoms with van der Waals surface area (Å²) in [6.07, 6.45) is 2.54. The van der Waals surface area contributed by atoms with Crippen molar-refractivity contribution in [3.05, 3.63) is 56.2 Å². The fraction of sp³-hybridized carbons (Fsp3) is 0.450. The number of likely N-dealkylation sites (tertiary alicyclic amines) is 1. The van der Waals surface area contributed by atoms with Gasteiger partial charge in [-0.3, -0.25) is 24.2 Å². The molecule has 1 aliphatic heterocycles. The van der Waals surface area contributed by atoms with Gasteiger partial charge in [0.1, 0.15) is 6.61 Å². The van der Waals surface area contributed by atoms with E-state index in [4.69, 9.17) is 9.47 Å². The molecule has 1 aromatic carbocycles.